The molecule has 2 aromatic rings. The van der Waals surface area contributed by atoms with Gasteiger partial charge in [0.25, 0.3) is 5.91 Å². The molecule has 2 aromatic heterocycles. The van der Waals surface area contributed by atoms with Crippen molar-refractivity contribution in [2.75, 3.05) is 49.6 Å². The first-order chi connectivity index (χ1) is 11.7. The van der Waals surface area contributed by atoms with Crippen molar-refractivity contribution in [3.8, 4) is 0 Å². The predicted molar refractivity (Wildman–Crippen MR) is 94.9 cm³/mol. The van der Waals surface area contributed by atoms with E-state index in [-0.39, 0.29) is 5.91 Å². The minimum absolute atomic E-state index is 0.0501. The number of aryl methyl sites for hydroxylation is 1. The highest BCUT2D eigenvalue weighted by atomic mass is 32.1. The van der Waals surface area contributed by atoms with Gasteiger partial charge < -0.3 is 20.3 Å². The van der Waals surface area contributed by atoms with Gasteiger partial charge >= 0.3 is 0 Å². The highest BCUT2D eigenvalue weighted by Gasteiger charge is 2.14. The van der Waals surface area contributed by atoms with Gasteiger partial charge in [-0.15, -0.1) is 0 Å². The average Bonchev–Trinajstić information content (AvgIpc) is 3.14. The van der Waals surface area contributed by atoms with Crippen molar-refractivity contribution in [2.45, 2.75) is 6.92 Å². The molecule has 3 heterocycles. The summed E-state index contributed by atoms with van der Waals surface area (Å²) in [5, 5.41) is 9.86. The molecule has 0 aromatic carbocycles. The van der Waals surface area contributed by atoms with Gasteiger partial charge in [-0.3, -0.25) is 4.79 Å². The minimum atomic E-state index is -0.0501. The maximum absolute atomic E-state index is 11.9. The van der Waals surface area contributed by atoms with Crippen LogP contribution in [0.5, 0.6) is 0 Å². The number of carbonyl (C=O) groups is 1. The molecule has 0 saturated carbocycles. The van der Waals surface area contributed by atoms with E-state index in [1.807, 2.05) is 29.8 Å². The lowest BCUT2D eigenvalue weighted by Gasteiger charge is -2.28. The average molecular weight is 347 g/mol. The number of amides is 1. The molecular weight excluding hydrogens is 326 g/mol. The summed E-state index contributed by atoms with van der Waals surface area (Å²) in [7, 11) is 0. The lowest BCUT2D eigenvalue weighted by atomic mass is 10.3. The number of nitrogens with one attached hydrogen (secondary N) is 2. The molecule has 0 radical (unpaired) electrons. The third-order valence-corrected chi connectivity index (χ3v) is 4.34. The standard InChI is InChI=1S/C16H21N5O2S/c1-12-19-14(10-15(20-12)21-5-7-23-8-6-21)17-3-4-18-16(22)13-2-9-24-11-13/h2,9-11H,3-8H2,1H3,(H,18,22)(H,17,19,20). The SMILES string of the molecule is Cc1nc(NCCNC(=O)c2ccsc2)cc(N2CCOCC2)n1. The first-order valence-electron chi connectivity index (χ1n) is 7.95. The number of ether oxygens (including phenoxy) is 1. The zero-order chi connectivity index (χ0) is 16.8. The molecule has 1 aliphatic heterocycles. The quantitative estimate of drug-likeness (QED) is 0.772. The van der Waals surface area contributed by atoms with Crippen LogP contribution >= 0.6 is 11.3 Å². The smallest absolute Gasteiger partial charge is 0.252 e. The Morgan fingerprint density at radius 1 is 1.33 bits per heavy atom. The van der Waals surface area contributed by atoms with Gasteiger partial charge in [-0.25, -0.2) is 9.97 Å². The van der Waals surface area contributed by atoms with Crippen LogP contribution in [0.1, 0.15) is 16.2 Å². The van der Waals surface area contributed by atoms with Crippen LogP contribution < -0.4 is 15.5 Å². The third-order valence-electron chi connectivity index (χ3n) is 3.66. The van der Waals surface area contributed by atoms with Crippen LogP contribution in [-0.2, 0) is 4.74 Å². The van der Waals surface area contributed by atoms with E-state index < -0.39 is 0 Å². The Bertz CT molecular complexity index is 671. The van der Waals surface area contributed by atoms with E-state index >= 15 is 0 Å². The van der Waals surface area contributed by atoms with Crippen molar-refractivity contribution in [3.63, 3.8) is 0 Å². The van der Waals surface area contributed by atoms with E-state index in [1.165, 1.54) is 11.3 Å². The van der Waals surface area contributed by atoms with Gasteiger partial charge in [0.1, 0.15) is 17.5 Å². The molecule has 1 aliphatic rings. The van der Waals surface area contributed by atoms with E-state index in [0.29, 0.717) is 18.7 Å². The summed E-state index contributed by atoms with van der Waals surface area (Å²) < 4.78 is 5.37. The van der Waals surface area contributed by atoms with Crippen molar-refractivity contribution in [1.82, 2.24) is 15.3 Å². The van der Waals surface area contributed by atoms with Crippen molar-refractivity contribution in [2.24, 2.45) is 0 Å². The second-order valence-electron chi connectivity index (χ2n) is 5.45. The van der Waals surface area contributed by atoms with Crippen LogP contribution in [0.4, 0.5) is 11.6 Å². The van der Waals surface area contributed by atoms with Crippen molar-refractivity contribution in [1.29, 1.82) is 0 Å². The second-order valence-corrected chi connectivity index (χ2v) is 6.23. The van der Waals surface area contributed by atoms with Crippen LogP contribution in [0.2, 0.25) is 0 Å². The molecule has 0 aliphatic carbocycles. The first-order valence-corrected chi connectivity index (χ1v) is 8.89. The van der Waals surface area contributed by atoms with Gasteiger partial charge in [0.2, 0.25) is 0 Å². The van der Waals surface area contributed by atoms with Crippen LogP contribution in [0.25, 0.3) is 0 Å². The molecule has 1 saturated heterocycles. The maximum Gasteiger partial charge on any atom is 0.252 e. The molecular formula is C16H21N5O2S. The van der Waals surface area contributed by atoms with Crippen LogP contribution in [0.15, 0.2) is 22.9 Å². The number of aromatic nitrogens is 2. The summed E-state index contributed by atoms with van der Waals surface area (Å²) in [6, 6.07) is 3.76. The fourth-order valence-electron chi connectivity index (χ4n) is 2.46. The third kappa shape index (κ3) is 4.42. The van der Waals surface area contributed by atoms with Gasteiger partial charge in [-0.1, -0.05) is 0 Å². The Morgan fingerprint density at radius 3 is 2.92 bits per heavy atom. The van der Waals surface area contributed by atoms with E-state index in [9.17, 15) is 4.79 Å². The van der Waals surface area contributed by atoms with Crippen molar-refractivity contribution >= 4 is 28.9 Å². The fourth-order valence-corrected chi connectivity index (χ4v) is 3.10. The van der Waals surface area contributed by atoms with E-state index in [0.717, 1.165) is 43.8 Å². The summed E-state index contributed by atoms with van der Waals surface area (Å²) in [6.45, 7) is 6.15. The highest BCUT2D eigenvalue weighted by Crippen LogP contribution is 2.16. The Morgan fingerprint density at radius 2 is 2.17 bits per heavy atom. The fraction of sp³-hybridized carbons (Fsp3) is 0.438. The van der Waals surface area contributed by atoms with Crippen LogP contribution in [0, 0.1) is 6.92 Å². The van der Waals surface area contributed by atoms with Gasteiger partial charge in [0.15, 0.2) is 0 Å². The molecule has 0 bridgehead atoms. The van der Waals surface area contributed by atoms with Gasteiger partial charge in [0.05, 0.1) is 13.2 Å². The summed E-state index contributed by atoms with van der Waals surface area (Å²) in [6.07, 6.45) is 0. The summed E-state index contributed by atoms with van der Waals surface area (Å²) >= 11 is 1.51. The number of anilines is 2. The lowest BCUT2D eigenvalue weighted by molar-refractivity contribution is 0.0955. The Balaban J connectivity index is 1.51. The number of carbonyl (C=O) groups excluding carboxylic acids is 1. The van der Waals surface area contributed by atoms with Gasteiger partial charge in [-0.2, -0.15) is 11.3 Å². The van der Waals surface area contributed by atoms with Crippen LogP contribution in [-0.4, -0.2) is 55.3 Å². The van der Waals surface area contributed by atoms with E-state index in [1.54, 1.807) is 0 Å². The zero-order valence-electron chi connectivity index (χ0n) is 13.6. The minimum Gasteiger partial charge on any atom is -0.378 e. The topological polar surface area (TPSA) is 79.4 Å². The van der Waals surface area contributed by atoms with Crippen molar-refractivity contribution < 1.29 is 9.53 Å². The molecule has 24 heavy (non-hydrogen) atoms. The summed E-state index contributed by atoms with van der Waals surface area (Å²) in [5.41, 5.74) is 0.701. The number of nitrogens with zero attached hydrogens (tertiary/aromatic N) is 3. The molecule has 7 nitrogen and oxygen atoms in total. The molecule has 0 atom stereocenters. The van der Waals surface area contributed by atoms with Gasteiger partial charge in [-0.05, 0) is 18.4 Å². The largest absolute Gasteiger partial charge is 0.378 e. The first kappa shape index (κ1) is 16.7. The summed E-state index contributed by atoms with van der Waals surface area (Å²) in [5.74, 6) is 2.36. The molecule has 3 rings (SSSR count). The van der Waals surface area contributed by atoms with Gasteiger partial charge in [0, 0.05) is 43.2 Å². The molecule has 8 heteroatoms. The zero-order valence-corrected chi connectivity index (χ0v) is 14.4. The van der Waals surface area contributed by atoms with E-state index in [4.69, 9.17) is 4.74 Å². The molecule has 128 valence electrons. The number of hydrogen-bond donors (Lipinski definition) is 2. The second kappa shape index (κ2) is 8.07. The van der Waals surface area contributed by atoms with E-state index in [2.05, 4.69) is 25.5 Å². The molecule has 0 spiro atoms. The number of thiophene rings is 1. The van der Waals surface area contributed by atoms with Crippen LogP contribution in [0.3, 0.4) is 0 Å². The number of rotatable bonds is 6. The Kier molecular flexibility index (Phi) is 5.60. The normalized spacial score (nSPS) is 14.5. The number of hydrogen-bond acceptors (Lipinski definition) is 7. The monoisotopic (exact) mass is 347 g/mol. The Hall–Kier alpha value is -2.19. The molecule has 0 unspecified atom stereocenters. The maximum atomic E-state index is 11.9. The predicted octanol–water partition coefficient (Wildman–Crippen LogP) is 1.53. The molecule has 1 fully saturated rings. The highest BCUT2D eigenvalue weighted by molar-refractivity contribution is 7.08. The summed E-state index contributed by atoms with van der Waals surface area (Å²) in [4.78, 5) is 23.0. The number of morpholine rings is 1. The molecule has 2 N–H and O–H groups in total. The lowest BCUT2D eigenvalue weighted by Crippen LogP contribution is -2.37. The Labute approximate surface area is 145 Å². The molecule has 1 amide bonds. The van der Waals surface area contributed by atoms with Crippen molar-refractivity contribution in [3.05, 3.63) is 34.3 Å².